The molecule has 1 aliphatic rings. The third-order valence-corrected chi connectivity index (χ3v) is 3.23. The standard InChI is InChI=1S/C14H27NO3/c1-2-3-4-5-6-7-8-9-10-15-11-13-12-17-14(16)18-13/h13,15H,2-12H2,1H3. The first-order chi connectivity index (χ1) is 8.83. The van der Waals surface area contributed by atoms with E-state index >= 15 is 0 Å². The molecule has 0 saturated carbocycles. The van der Waals surface area contributed by atoms with Gasteiger partial charge in [0.2, 0.25) is 0 Å². The Morgan fingerprint density at radius 3 is 2.39 bits per heavy atom. The van der Waals surface area contributed by atoms with Crippen molar-refractivity contribution in [3.63, 3.8) is 0 Å². The zero-order valence-corrected chi connectivity index (χ0v) is 11.6. The van der Waals surface area contributed by atoms with Gasteiger partial charge in [-0.05, 0) is 13.0 Å². The van der Waals surface area contributed by atoms with E-state index in [4.69, 9.17) is 9.47 Å². The summed E-state index contributed by atoms with van der Waals surface area (Å²) in [7, 11) is 0. The van der Waals surface area contributed by atoms with Gasteiger partial charge in [0.1, 0.15) is 6.61 Å². The van der Waals surface area contributed by atoms with Crippen molar-refractivity contribution in [2.24, 2.45) is 0 Å². The van der Waals surface area contributed by atoms with E-state index in [9.17, 15) is 4.79 Å². The lowest BCUT2D eigenvalue weighted by Gasteiger charge is -2.08. The van der Waals surface area contributed by atoms with Crippen LogP contribution in [0.5, 0.6) is 0 Å². The van der Waals surface area contributed by atoms with Gasteiger partial charge in [-0.1, -0.05) is 51.9 Å². The SMILES string of the molecule is CCCCCCCCCCNCC1COC(=O)O1. The van der Waals surface area contributed by atoms with Gasteiger partial charge in [-0.25, -0.2) is 4.79 Å². The minimum Gasteiger partial charge on any atom is -0.430 e. The summed E-state index contributed by atoms with van der Waals surface area (Å²) in [5.41, 5.74) is 0. The van der Waals surface area contributed by atoms with Crippen LogP contribution in [0.15, 0.2) is 0 Å². The molecule has 0 aromatic heterocycles. The summed E-state index contributed by atoms with van der Waals surface area (Å²) in [4.78, 5) is 10.7. The van der Waals surface area contributed by atoms with Crippen LogP contribution in [0, 0.1) is 0 Å². The van der Waals surface area contributed by atoms with Crippen molar-refractivity contribution in [2.75, 3.05) is 19.7 Å². The van der Waals surface area contributed by atoms with E-state index in [-0.39, 0.29) is 6.10 Å². The molecule has 1 aliphatic heterocycles. The van der Waals surface area contributed by atoms with Crippen LogP contribution in [0.1, 0.15) is 58.3 Å². The second-order valence-electron chi connectivity index (χ2n) is 4.98. The molecule has 1 heterocycles. The molecule has 106 valence electrons. The van der Waals surface area contributed by atoms with Gasteiger partial charge in [-0.2, -0.15) is 0 Å². The minimum atomic E-state index is -0.533. The van der Waals surface area contributed by atoms with Gasteiger partial charge in [0.25, 0.3) is 0 Å². The summed E-state index contributed by atoms with van der Waals surface area (Å²) in [5, 5.41) is 3.30. The lowest BCUT2D eigenvalue weighted by molar-refractivity contribution is 0.118. The molecule has 0 aromatic rings. The molecule has 1 atom stereocenters. The molecule has 0 amide bonds. The normalized spacial score (nSPS) is 18.7. The third-order valence-electron chi connectivity index (χ3n) is 3.23. The lowest BCUT2D eigenvalue weighted by atomic mass is 10.1. The highest BCUT2D eigenvalue weighted by molar-refractivity contribution is 5.61. The van der Waals surface area contributed by atoms with E-state index in [0.717, 1.165) is 6.54 Å². The number of hydrogen-bond acceptors (Lipinski definition) is 4. The van der Waals surface area contributed by atoms with Crippen LogP contribution in [0.4, 0.5) is 4.79 Å². The third kappa shape index (κ3) is 7.54. The number of cyclic esters (lactones) is 2. The number of carbonyl (C=O) groups is 1. The molecular formula is C14H27NO3. The number of rotatable bonds is 11. The Hall–Kier alpha value is -0.770. The molecule has 0 spiro atoms. The summed E-state index contributed by atoms with van der Waals surface area (Å²) in [6.07, 6.45) is 10.1. The maximum atomic E-state index is 10.7. The minimum absolute atomic E-state index is 0.0912. The number of carbonyl (C=O) groups excluding carboxylic acids is 1. The Morgan fingerprint density at radius 2 is 1.78 bits per heavy atom. The van der Waals surface area contributed by atoms with Crippen molar-refractivity contribution in [1.82, 2.24) is 5.32 Å². The van der Waals surface area contributed by atoms with Gasteiger partial charge >= 0.3 is 6.16 Å². The van der Waals surface area contributed by atoms with Gasteiger partial charge in [0, 0.05) is 6.54 Å². The van der Waals surface area contributed by atoms with Crippen LogP contribution < -0.4 is 5.32 Å². The maximum Gasteiger partial charge on any atom is 0.508 e. The van der Waals surface area contributed by atoms with Crippen LogP contribution >= 0.6 is 0 Å². The van der Waals surface area contributed by atoms with Gasteiger partial charge in [0.05, 0.1) is 0 Å². The second kappa shape index (κ2) is 10.2. The average molecular weight is 257 g/mol. The van der Waals surface area contributed by atoms with E-state index in [1.54, 1.807) is 0 Å². The molecule has 0 radical (unpaired) electrons. The van der Waals surface area contributed by atoms with Crippen molar-refractivity contribution in [3.8, 4) is 0 Å². The lowest BCUT2D eigenvalue weighted by Crippen LogP contribution is -2.29. The Labute approximate surface area is 110 Å². The Balaban J connectivity index is 1.75. The van der Waals surface area contributed by atoms with E-state index in [1.807, 2.05) is 0 Å². The monoisotopic (exact) mass is 257 g/mol. The van der Waals surface area contributed by atoms with Gasteiger partial charge in [-0.15, -0.1) is 0 Å². The number of nitrogens with one attached hydrogen (secondary N) is 1. The highest BCUT2D eigenvalue weighted by Crippen LogP contribution is 2.08. The first kappa shape index (κ1) is 15.3. The highest BCUT2D eigenvalue weighted by Gasteiger charge is 2.23. The van der Waals surface area contributed by atoms with Crippen molar-refractivity contribution < 1.29 is 14.3 Å². The van der Waals surface area contributed by atoms with Crippen LogP contribution in [0.2, 0.25) is 0 Å². The average Bonchev–Trinajstić information content (AvgIpc) is 2.77. The fraction of sp³-hybridized carbons (Fsp3) is 0.929. The van der Waals surface area contributed by atoms with Crippen molar-refractivity contribution >= 4 is 6.16 Å². The first-order valence-electron chi connectivity index (χ1n) is 7.37. The van der Waals surface area contributed by atoms with Crippen LogP contribution in [0.25, 0.3) is 0 Å². The largest absolute Gasteiger partial charge is 0.508 e. The molecule has 1 unspecified atom stereocenters. The molecule has 0 aliphatic carbocycles. The van der Waals surface area contributed by atoms with E-state index in [2.05, 4.69) is 12.2 Å². The molecule has 1 fully saturated rings. The van der Waals surface area contributed by atoms with Crippen LogP contribution in [0.3, 0.4) is 0 Å². The zero-order valence-electron chi connectivity index (χ0n) is 11.6. The molecule has 18 heavy (non-hydrogen) atoms. The van der Waals surface area contributed by atoms with Crippen molar-refractivity contribution in [1.29, 1.82) is 0 Å². The van der Waals surface area contributed by atoms with Crippen LogP contribution in [-0.4, -0.2) is 32.0 Å². The van der Waals surface area contributed by atoms with Crippen LogP contribution in [-0.2, 0) is 9.47 Å². The molecule has 0 aromatic carbocycles. The van der Waals surface area contributed by atoms with E-state index in [1.165, 1.54) is 51.4 Å². The smallest absolute Gasteiger partial charge is 0.430 e. The predicted molar refractivity (Wildman–Crippen MR) is 71.7 cm³/mol. The predicted octanol–water partition coefficient (Wildman–Crippen LogP) is 3.25. The fourth-order valence-corrected chi connectivity index (χ4v) is 2.11. The molecular weight excluding hydrogens is 230 g/mol. The molecule has 1 saturated heterocycles. The maximum absolute atomic E-state index is 10.7. The topological polar surface area (TPSA) is 47.6 Å². The summed E-state index contributed by atoms with van der Waals surface area (Å²) >= 11 is 0. The molecule has 0 bridgehead atoms. The second-order valence-corrected chi connectivity index (χ2v) is 4.98. The molecule has 1 N–H and O–H groups in total. The zero-order chi connectivity index (χ0) is 13.1. The van der Waals surface area contributed by atoms with Gasteiger partial charge in [-0.3, -0.25) is 0 Å². The number of unbranched alkanes of at least 4 members (excludes halogenated alkanes) is 7. The highest BCUT2D eigenvalue weighted by atomic mass is 16.8. The Morgan fingerprint density at radius 1 is 1.11 bits per heavy atom. The molecule has 4 heteroatoms. The molecule has 4 nitrogen and oxygen atoms in total. The summed E-state index contributed by atoms with van der Waals surface area (Å²) < 4.78 is 9.63. The fourth-order valence-electron chi connectivity index (χ4n) is 2.11. The van der Waals surface area contributed by atoms with Crippen molar-refractivity contribution in [2.45, 2.75) is 64.4 Å². The number of ether oxygens (including phenoxy) is 2. The number of hydrogen-bond donors (Lipinski definition) is 1. The first-order valence-corrected chi connectivity index (χ1v) is 7.37. The van der Waals surface area contributed by atoms with E-state index < -0.39 is 6.16 Å². The van der Waals surface area contributed by atoms with Gasteiger partial charge < -0.3 is 14.8 Å². The summed E-state index contributed by atoms with van der Waals surface area (Å²) in [6.45, 7) is 4.35. The summed E-state index contributed by atoms with van der Waals surface area (Å²) in [5.74, 6) is 0. The van der Waals surface area contributed by atoms with Gasteiger partial charge in [0.15, 0.2) is 6.10 Å². The molecule has 1 rings (SSSR count). The Kier molecular flexibility index (Phi) is 8.65. The van der Waals surface area contributed by atoms with Crippen molar-refractivity contribution in [3.05, 3.63) is 0 Å². The quantitative estimate of drug-likeness (QED) is 0.456. The summed E-state index contributed by atoms with van der Waals surface area (Å²) in [6, 6.07) is 0. The van der Waals surface area contributed by atoms with E-state index in [0.29, 0.717) is 13.2 Å². The Bertz CT molecular complexity index is 221.